The summed E-state index contributed by atoms with van der Waals surface area (Å²) in [5, 5.41) is 4.58. The van der Waals surface area contributed by atoms with Crippen molar-refractivity contribution >= 4 is 10.1 Å². The lowest BCUT2D eigenvalue weighted by Gasteiger charge is -2.36. The van der Waals surface area contributed by atoms with Crippen LogP contribution in [0.5, 0.6) is 0 Å². The maximum atomic E-state index is 13.1. The van der Waals surface area contributed by atoms with Crippen LogP contribution in [0.3, 0.4) is 0 Å². The molecule has 1 aliphatic heterocycles. The summed E-state index contributed by atoms with van der Waals surface area (Å²) in [7, 11) is -1.91. The molecule has 0 fully saturated rings. The standard InChI is InChI=1S/C17H22FN3O4S/c1-24-8-7-17(12-25-26(2,22)23)6-5-14-9-16(20-21(14)11-17)15-4-3-13(18)10-19-15/h3-4,9-10H,5-8,11-12H2,1-2H3. The highest BCUT2D eigenvalue weighted by Crippen LogP contribution is 2.37. The molecule has 142 valence electrons. The molecule has 0 saturated carbocycles. The molecule has 0 aromatic carbocycles. The van der Waals surface area contributed by atoms with Gasteiger partial charge in [-0.1, -0.05) is 0 Å². The molecule has 0 radical (unpaired) electrons. The summed E-state index contributed by atoms with van der Waals surface area (Å²) >= 11 is 0. The molecule has 0 aliphatic carbocycles. The summed E-state index contributed by atoms with van der Waals surface area (Å²) in [5.41, 5.74) is 1.94. The fourth-order valence-corrected chi connectivity index (χ4v) is 3.64. The summed E-state index contributed by atoms with van der Waals surface area (Å²) in [6, 6.07) is 4.88. The van der Waals surface area contributed by atoms with E-state index in [0.29, 0.717) is 31.0 Å². The number of pyridine rings is 1. The zero-order chi connectivity index (χ0) is 18.8. The van der Waals surface area contributed by atoms with Gasteiger partial charge in [0.1, 0.15) is 11.5 Å². The van der Waals surface area contributed by atoms with Gasteiger partial charge in [0.25, 0.3) is 10.1 Å². The van der Waals surface area contributed by atoms with Crippen LogP contribution in [0.15, 0.2) is 24.4 Å². The second-order valence-electron chi connectivity index (χ2n) is 6.75. The number of nitrogens with zero attached hydrogens (tertiary/aromatic N) is 3. The normalized spacial score (nSPS) is 20.1. The number of ether oxygens (including phenoxy) is 1. The van der Waals surface area contributed by atoms with Crippen LogP contribution in [0.2, 0.25) is 0 Å². The van der Waals surface area contributed by atoms with E-state index in [1.807, 2.05) is 10.7 Å². The Morgan fingerprint density at radius 1 is 1.35 bits per heavy atom. The molecule has 3 heterocycles. The maximum Gasteiger partial charge on any atom is 0.264 e. The summed E-state index contributed by atoms with van der Waals surface area (Å²) in [5.74, 6) is -0.394. The third-order valence-corrected chi connectivity index (χ3v) is 5.21. The van der Waals surface area contributed by atoms with Crippen molar-refractivity contribution in [3.05, 3.63) is 35.9 Å². The molecule has 0 N–H and O–H groups in total. The van der Waals surface area contributed by atoms with Gasteiger partial charge in [0.15, 0.2) is 0 Å². The Labute approximate surface area is 152 Å². The first-order valence-electron chi connectivity index (χ1n) is 8.32. The van der Waals surface area contributed by atoms with Gasteiger partial charge in [0.2, 0.25) is 0 Å². The van der Waals surface area contributed by atoms with Gasteiger partial charge < -0.3 is 4.74 Å². The number of aryl methyl sites for hydroxylation is 1. The number of aromatic nitrogens is 3. The first-order chi connectivity index (χ1) is 12.3. The van der Waals surface area contributed by atoms with Crippen LogP contribution in [0.1, 0.15) is 18.5 Å². The van der Waals surface area contributed by atoms with E-state index in [4.69, 9.17) is 8.92 Å². The molecular weight excluding hydrogens is 361 g/mol. The predicted octanol–water partition coefficient (Wildman–Crippen LogP) is 2.03. The minimum absolute atomic E-state index is 0.0959. The Balaban J connectivity index is 1.84. The molecule has 0 bridgehead atoms. The zero-order valence-corrected chi connectivity index (χ0v) is 15.6. The lowest BCUT2D eigenvalue weighted by Crippen LogP contribution is -2.38. The fraction of sp³-hybridized carbons (Fsp3) is 0.529. The summed E-state index contributed by atoms with van der Waals surface area (Å²) in [4.78, 5) is 4.07. The first-order valence-corrected chi connectivity index (χ1v) is 10.1. The van der Waals surface area contributed by atoms with Crippen LogP contribution in [0.25, 0.3) is 11.4 Å². The van der Waals surface area contributed by atoms with Crippen molar-refractivity contribution in [1.29, 1.82) is 0 Å². The smallest absolute Gasteiger partial charge is 0.264 e. The molecule has 1 atom stereocenters. The Bertz CT molecular complexity index is 867. The van der Waals surface area contributed by atoms with Crippen molar-refractivity contribution in [1.82, 2.24) is 14.8 Å². The Hall–Kier alpha value is -1.84. The Morgan fingerprint density at radius 3 is 2.81 bits per heavy atom. The zero-order valence-electron chi connectivity index (χ0n) is 14.8. The van der Waals surface area contributed by atoms with Gasteiger partial charge >= 0.3 is 0 Å². The van der Waals surface area contributed by atoms with E-state index < -0.39 is 15.9 Å². The van der Waals surface area contributed by atoms with Crippen molar-refractivity contribution in [2.45, 2.75) is 25.8 Å². The topological polar surface area (TPSA) is 83.3 Å². The molecule has 0 saturated heterocycles. The number of methoxy groups -OCH3 is 1. The Morgan fingerprint density at radius 2 is 2.15 bits per heavy atom. The number of rotatable bonds is 7. The van der Waals surface area contributed by atoms with E-state index >= 15 is 0 Å². The van der Waals surface area contributed by atoms with Crippen LogP contribution < -0.4 is 0 Å². The van der Waals surface area contributed by atoms with Gasteiger partial charge in [0.05, 0.1) is 24.8 Å². The van der Waals surface area contributed by atoms with Gasteiger partial charge in [-0.05, 0) is 37.5 Å². The molecule has 9 heteroatoms. The molecule has 0 amide bonds. The van der Waals surface area contributed by atoms with Crippen molar-refractivity contribution in [3.63, 3.8) is 0 Å². The van der Waals surface area contributed by atoms with Crippen LogP contribution in [-0.2, 0) is 32.0 Å². The summed E-state index contributed by atoms with van der Waals surface area (Å²) in [6.07, 6.45) is 4.40. The molecule has 2 aromatic rings. The van der Waals surface area contributed by atoms with E-state index in [9.17, 15) is 12.8 Å². The van der Waals surface area contributed by atoms with Crippen molar-refractivity contribution in [3.8, 4) is 11.4 Å². The Kier molecular flexibility index (Phi) is 5.40. The maximum absolute atomic E-state index is 13.1. The van der Waals surface area contributed by atoms with Crippen molar-refractivity contribution < 1.29 is 21.7 Å². The molecule has 7 nitrogen and oxygen atoms in total. The molecule has 0 spiro atoms. The minimum atomic E-state index is -3.52. The molecule has 1 aliphatic rings. The highest BCUT2D eigenvalue weighted by molar-refractivity contribution is 7.85. The van der Waals surface area contributed by atoms with Crippen LogP contribution >= 0.6 is 0 Å². The monoisotopic (exact) mass is 383 g/mol. The van der Waals surface area contributed by atoms with E-state index in [1.54, 1.807) is 13.2 Å². The lowest BCUT2D eigenvalue weighted by atomic mass is 9.78. The fourth-order valence-electron chi connectivity index (χ4n) is 3.18. The van der Waals surface area contributed by atoms with Gasteiger partial charge in [0, 0.05) is 31.4 Å². The SMILES string of the molecule is COCCC1(COS(C)(=O)=O)CCc2cc(-c3ccc(F)cn3)nn2C1. The van der Waals surface area contributed by atoms with E-state index in [2.05, 4.69) is 10.1 Å². The minimum Gasteiger partial charge on any atom is -0.385 e. The van der Waals surface area contributed by atoms with Crippen molar-refractivity contribution in [2.75, 3.05) is 26.6 Å². The molecular formula is C17H22FN3O4S. The quantitative estimate of drug-likeness (QED) is 0.681. The molecule has 1 unspecified atom stereocenters. The lowest BCUT2D eigenvalue weighted by molar-refractivity contribution is 0.0538. The number of hydrogen-bond acceptors (Lipinski definition) is 6. The third kappa shape index (κ3) is 4.46. The van der Waals surface area contributed by atoms with Crippen LogP contribution in [0.4, 0.5) is 4.39 Å². The van der Waals surface area contributed by atoms with Gasteiger partial charge in [-0.15, -0.1) is 0 Å². The number of hydrogen-bond donors (Lipinski definition) is 0. The second kappa shape index (κ2) is 7.42. The highest BCUT2D eigenvalue weighted by atomic mass is 32.2. The first kappa shape index (κ1) is 18.9. The average molecular weight is 383 g/mol. The van der Waals surface area contributed by atoms with Gasteiger partial charge in [-0.25, -0.2) is 4.39 Å². The molecule has 3 rings (SSSR count). The van der Waals surface area contributed by atoms with Gasteiger partial charge in [-0.3, -0.25) is 13.8 Å². The number of fused-ring (bicyclic) bond motifs is 1. The second-order valence-corrected chi connectivity index (χ2v) is 8.39. The highest BCUT2D eigenvalue weighted by Gasteiger charge is 2.36. The predicted molar refractivity (Wildman–Crippen MR) is 93.5 cm³/mol. The van der Waals surface area contributed by atoms with E-state index in [0.717, 1.165) is 31.0 Å². The molecule has 2 aromatic heterocycles. The molecule has 26 heavy (non-hydrogen) atoms. The van der Waals surface area contributed by atoms with E-state index in [1.165, 1.54) is 6.07 Å². The van der Waals surface area contributed by atoms with E-state index in [-0.39, 0.29) is 12.0 Å². The van der Waals surface area contributed by atoms with Crippen LogP contribution in [0, 0.1) is 11.2 Å². The van der Waals surface area contributed by atoms with Crippen LogP contribution in [-0.4, -0.2) is 49.8 Å². The summed E-state index contributed by atoms with van der Waals surface area (Å²) in [6.45, 7) is 1.14. The number of halogens is 1. The average Bonchev–Trinajstić information content (AvgIpc) is 3.01. The van der Waals surface area contributed by atoms with Gasteiger partial charge in [-0.2, -0.15) is 13.5 Å². The largest absolute Gasteiger partial charge is 0.385 e. The summed E-state index contributed by atoms with van der Waals surface area (Å²) < 4.78 is 48.1. The van der Waals surface area contributed by atoms with Crippen molar-refractivity contribution in [2.24, 2.45) is 5.41 Å². The third-order valence-electron chi connectivity index (χ3n) is 4.67.